The number of nitrogens with zero attached hydrogens (tertiary/aromatic N) is 1. The maximum atomic E-state index is 11.6. The SMILES string of the molecule is CCN(C)C(=O)Nc1ccc(C(=O)O)cc1Br. The van der Waals surface area contributed by atoms with Gasteiger partial charge in [0.15, 0.2) is 0 Å². The average Bonchev–Trinajstić information content (AvgIpc) is 2.30. The van der Waals surface area contributed by atoms with Gasteiger partial charge in [-0.15, -0.1) is 0 Å². The van der Waals surface area contributed by atoms with E-state index in [9.17, 15) is 9.59 Å². The molecule has 6 heteroatoms. The Morgan fingerprint density at radius 2 is 2.12 bits per heavy atom. The lowest BCUT2D eigenvalue weighted by molar-refractivity contribution is 0.0697. The molecule has 92 valence electrons. The van der Waals surface area contributed by atoms with E-state index in [4.69, 9.17) is 5.11 Å². The van der Waals surface area contributed by atoms with E-state index in [1.54, 1.807) is 13.1 Å². The second-order valence-corrected chi connectivity index (χ2v) is 4.30. The van der Waals surface area contributed by atoms with Gasteiger partial charge in [0.05, 0.1) is 11.3 Å². The van der Waals surface area contributed by atoms with Gasteiger partial charge < -0.3 is 15.3 Å². The van der Waals surface area contributed by atoms with Crippen molar-refractivity contribution in [2.45, 2.75) is 6.92 Å². The van der Waals surface area contributed by atoms with Crippen molar-refractivity contribution < 1.29 is 14.7 Å². The Morgan fingerprint density at radius 1 is 1.47 bits per heavy atom. The van der Waals surface area contributed by atoms with Crippen molar-refractivity contribution in [2.24, 2.45) is 0 Å². The summed E-state index contributed by atoms with van der Waals surface area (Å²) in [5.74, 6) is -1.01. The van der Waals surface area contributed by atoms with Gasteiger partial charge in [-0.3, -0.25) is 0 Å². The standard InChI is InChI=1S/C11H13BrN2O3/c1-3-14(2)11(17)13-9-5-4-7(10(15)16)6-8(9)12/h4-6H,3H2,1-2H3,(H,13,17)(H,15,16). The number of hydrogen-bond acceptors (Lipinski definition) is 2. The Hall–Kier alpha value is -1.56. The molecule has 0 radical (unpaired) electrons. The molecule has 2 amide bonds. The van der Waals surface area contributed by atoms with E-state index in [-0.39, 0.29) is 11.6 Å². The van der Waals surface area contributed by atoms with Crippen molar-refractivity contribution in [1.29, 1.82) is 0 Å². The summed E-state index contributed by atoms with van der Waals surface area (Å²) in [4.78, 5) is 23.8. The summed E-state index contributed by atoms with van der Waals surface area (Å²) in [6.45, 7) is 2.46. The summed E-state index contributed by atoms with van der Waals surface area (Å²) in [6.07, 6.45) is 0. The Kier molecular flexibility index (Phi) is 4.51. The Labute approximate surface area is 108 Å². The molecule has 0 aliphatic heterocycles. The molecule has 0 spiro atoms. The van der Waals surface area contributed by atoms with Gasteiger partial charge >= 0.3 is 12.0 Å². The highest BCUT2D eigenvalue weighted by Gasteiger charge is 2.11. The van der Waals surface area contributed by atoms with Crippen LogP contribution < -0.4 is 5.32 Å². The van der Waals surface area contributed by atoms with Crippen LogP contribution >= 0.6 is 15.9 Å². The van der Waals surface area contributed by atoms with Crippen molar-refractivity contribution in [3.8, 4) is 0 Å². The molecule has 0 unspecified atom stereocenters. The molecule has 0 bridgehead atoms. The maximum Gasteiger partial charge on any atom is 0.335 e. The smallest absolute Gasteiger partial charge is 0.335 e. The van der Waals surface area contributed by atoms with Gasteiger partial charge in [-0.05, 0) is 41.1 Å². The van der Waals surface area contributed by atoms with Gasteiger partial charge in [-0.1, -0.05) is 0 Å². The third kappa shape index (κ3) is 3.45. The minimum atomic E-state index is -1.01. The Morgan fingerprint density at radius 3 is 2.59 bits per heavy atom. The van der Waals surface area contributed by atoms with Gasteiger partial charge in [-0.25, -0.2) is 9.59 Å². The molecule has 0 saturated carbocycles. The molecule has 0 saturated heterocycles. The van der Waals surface area contributed by atoms with Crippen molar-refractivity contribution in [3.63, 3.8) is 0 Å². The first kappa shape index (κ1) is 13.5. The normalized spacial score (nSPS) is 9.82. The first-order valence-corrected chi connectivity index (χ1v) is 5.80. The number of carbonyl (C=O) groups is 2. The Bertz CT molecular complexity index is 448. The number of carboxylic acid groups (broad SMARTS) is 1. The highest BCUT2D eigenvalue weighted by atomic mass is 79.9. The molecule has 0 heterocycles. The predicted octanol–water partition coefficient (Wildman–Crippen LogP) is 2.63. The van der Waals surface area contributed by atoms with E-state index >= 15 is 0 Å². The molecule has 5 nitrogen and oxygen atoms in total. The largest absolute Gasteiger partial charge is 0.478 e. The van der Waals surface area contributed by atoms with Crippen LogP contribution in [0.2, 0.25) is 0 Å². The molecular weight excluding hydrogens is 288 g/mol. The molecule has 1 rings (SSSR count). The van der Waals surface area contributed by atoms with Crippen LogP contribution in [0.15, 0.2) is 22.7 Å². The highest BCUT2D eigenvalue weighted by molar-refractivity contribution is 9.10. The van der Waals surface area contributed by atoms with Gasteiger partial charge in [-0.2, -0.15) is 0 Å². The monoisotopic (exact) mass is 300 g/mol. The lowest BCUT2D eigenvalue weighted by Gasteiger charge is -2.16. The van der Waals surface area contributed by atoms with Crippen LogP contribution in [0.5, 0.6) is 0 Å². The molecular formula is C11H13BrN2O3. The lowest BCUT2D eigenvalue weighted by Crippen LogP contribution is -2.31. The van der Waals surface area contributed by atoms with E-state index in [0.29, 0.717) is 16.7 Å². The summed E-state index contributed by atoms with van der Waals surface area (Å²) in [5, 5.41) is 11.5. The van der Waals surface area contributed by atoms with E-state index < -0.39 is 5.97 Å². The second-order valence-electron chi connectivity index (χ2n) is 3.44. The zero-order valence-electron chi connectivity index (χ0n) is 9.53. The molecule has 0 aromatic heterocycles. The fraction of sp³-hybridized carbons (Fsp3) is 0.273. The first-order valence-electron chi connectivity index (χ1n) is 5.00. The van der Waals surface area contributed by atoms with Crippen LogP contribution in [0, 0.1) is 0 Å². The number of aromatic carboxylic acids is 1. The van der Waals surface area contributed by atoms with Crippen LogP contribution in [0.4, 0.5) is 10.5 Å². The molecule has 0 aliphatic rings. The fourth-order valence-electron chi connectivity index (χ4n) is 1.10. The van der Waals surface area contributed by atoms with E-state index in [0.717, 1.165) is 0 Å². The summed E-state index contributed by atoms with van der Waals surface area (Å²) >= 11 is 3.22. The van der Waals surface area contributed by atoms with Crippen LogP contribution in [0.3, 0.4) is 0 Å². The lowest BCUT2D eigenvalue weighted by atomic mass is 10.2. The second kappa shape index (κ2) is 5.67. The van der Waals surface area contributed by atoms with Gasteiger partial charge in [0, 0.05) is 18.1 Å². The number of urea groups is 1. The third-order valence-corrected chi connectivity index (χ3v) is 2.93. The number of carbonyl (C=O) groups excluding carboxylic acids is 1. The van der Waals surface area contributed by atoms with Crippen LogP contribution in [-0.2, 0) is 0 Å². The Balaban J connectivity index is 2.86. The predicted molar refractivity (Wildman–Crippen MR) is 68.4 cm³/mol. The summed E-state index contributed by atoms with van der Waals surface area (Å²) in [6, 6.07) is 4.20. The average molecular weight is 301 g/mol. The molecule has 0 fully saturated rings. The van der Waals surface area contributed by atoms with Crippen molar-refractivity contribution in [2.75, 3.05) is 18.9 Å². The maximum absolute atomic E-state index is 11.6. The minimum Gasteiger partial charge on any atom is -0.478 e. The molecule has 2 N–H and O–H groups in total. The van der Waals surface area contributed by atoms with Crippen molar-refractivity contribution >= 4 is 33.6 Å². The zero-order chi connectivity index (χ0) is 13.0. The number of nitrogens with one attached hydrogen (secondary N) is 1. The summed E-state index contributed by atoms with van der Waals surface area (Å²) in [5.41, 5.74) is 0.707. The molecule has 17 heavy (non-hydrogen) atoms. The number of carboxylic acids is 1. The van der Waals surface area contributed by atoms with Gasteiger partial charge in [0.1, 0.15) is 0 Å². The molecule has 0 aliphatic carbocycles. The minimum absolute atomic E-state index is 0.165. The number of anilines is 1. The van der Waals surface area contributed by atoms with Gasteiger partial charge in [0.25, 0.3) is 0 Å². The van der Waals surface area contributed by atoms with Crippen LogP contribution in [-0.4, -0.2) is 35.6 Å². The van der Waals surface area contributed by atoms with E-state index in [1.165, 1.54) is 17.0 Å². The summed E-state index contributed by atoms with van der Waals surface area (Å²) in [7, 11) is 1.68. The summed E-state index contributed by atoms with van der Waals surface area (Å²) < 4.78 is 0.537. The quantitative estimate of drug-likeness (QED) is 0.901. The number of hydrogen-bond donors (Lipinski definition) is 2. The number of amides is 2. The zero-order valence-corrected chi connectivity index (χ0v) is 11.1. The fourth-order valence-corrected chi connectivity index (χ4v) is 1.58. The number of benzene rings is 1. The highest BCUT2D eigenvalue weighted by Crippen LogP contribution is 2.23. The number of rotatable bonds is 3. The topological polar surface area (TPSA) is 69.6 Å². The van der Waals surface area contributed by atoms with Crippen molar-refractivity contribution in [3.05, 3.63) is 28.2 Å². The van der Waals surface area contributed by atoms with Crippen LogP contribution in [0.1, 0.15) is 17.3 Å². The van der Waals surface area contributed by atoms with Crippen molar-refractivity contribution in [1.82, 2.24) is 4.90 Å². The van der Waals surface area contributed by atoms with Crippen LogP contribution in [0.25, 0.3) is 0 Å². The van der Waals surface area contributed by atoms with E-state index in [2.05, 4.69) is 21.2 Å². The first-order chi connectivity index (χ1) is 7.95. The number of halogens is 1. The molecule has 0 atom stereocenters. The van der Waals surface area contributed by atoms with Gasteiger partial charge in [0.2, 0.25) is 0 Å². The molecule has 1 aromatic rings. The third-order valence-electron chi connectivity index (χ3n) is 2.28. The molecule has 1 aromatic carbocycles. The van der Waals surface area contributed by atoms with E-state index in [1.807, 2.05) is 6.92 Å².